The van der Waals surface area contributed by atoms with Gasteiger partial charge in [-0.15, -0.1) is 6.58 Å². The van der Waals surface area contributed by atoms with Crippen LogP contribution in [-0.2, 0) is 19.1 Å². The number of carbonyl (C=O) groups is 3. The third-order valence-electron chi connectivity index (χ3n) is 4.70. The topological polar surface area (TPSA) is 84.9 Å². The van der Waals surface area contributed by atoms with Crippen LogP contribution in [0.25, 0.3) is 0 Å². The van der Waals surface area contributed by atoms with Crippen molar-refractivity contribution in [3.63, 3.8) is 0 Å². The molecule has 0 unspecified atom stereocenters. The van der Waals surface area contributed by atoms with E-state index in [0.717, 1.165) is 0 Å². The van der Waals surface area contributed by atoms with Gasteiger partial charge in [-0.2, -0.15) is 0 Å². The van der Waals surface area contributed by atoms with Crippen LogP contribution in [0.15, 0.2) is 12.7 Å². The molecule has 1 fully saturated rings. The summed E-state index contributed by atoms with van der Waals surface area (Å²) in [5.41, 5.74) is -1.42. The van der Waals surface area contributed by atoms with Crippen LogP contribution in [-0.4, -0.2) is 52.2 Å². The van der Waals surface area contributed by atoms with Crippen LogP contribution in [0.5, 0.6) is 0 Å². The van der Waals surface area contributed by atoms with Crippen molar-refractivity contribution in [3.8, 4) is 0 Å². The van der Waals surface area contributed by atoms with Gasteiger partial charge < -0.3 is 14.8 Å². The van der Waals surface area contributed by atoms with E-state index in [-0.39, 0.29) is 23.8 Å². The van der Waals surface area contributed by atoms with Crippen molar-refractivity contribution in [2.45, 2.75) is 104 Å². The third-order valence-corrected chi connectivity index (χ3v) is 4.70. The number of nitrogens with one attached hydrogen (secondary N) is 1. The molecule has 0 saturated carbocycles. The van der Waals surface area contributed by atoms with Crippen molar-refractivity contribution < 1.29 is 23.9 Å². The Balaban J connectivity index is 3.43. The summed E-state index contributed by atoms with van der Waals surface area (Å²) in [4.78, 5) is 39.7. The maximum absolute atomic E-state index is 13.2. The number of ether oxygens (including phenoxy) is 2. The maximum Gasteiger partial charge on any atom is 0.411 e. The smallest absolute Gasteiger partial charge is 0.411 e. The van der Waals surface area contributed by atoms with Crippen molar-refractivity contribution in [2.24, 2.45) is 11.8 Å². The minimum atomic E-state index is -0.810. The first-order valence-corrected chi connectivity index (χ1v) is 10.7. The molecule has 1 saturated heterocycles. The van der Waals surface area contributed by atoms with E-state index in [2.05, 4.69) is 25.7 Å². The standard InChI is InChI=1S/C23H40N2O5/c1-11-16-13-18(20(27)29-22(5,6)7)25(21(28)30-23(8,9)10)19(16)17(12-14(2)3)24-15(4)26/h11,14,16-19H,1,12-13H2,2-10H3,(H,24,26)/t16-,17-,18+,19+/m0/s1. The average molecular weight is 425 g/mol. The number of likely N-dealkylation sites (tertiary alicyclic amines) is 1. The van der Waals surface area contributed by atoms with E-state index in [1.54, 1.807) is 47.6 Å². The molecule has 0 aromatic rings. The van der Waals surface area contributed by atoms with Gasteiger partial charge in [-0.3, -0.25) is 9.69 Å². The Bertz CT molecular complexity index is 645. The van der Waals surface area contributed by atoms with Gasteiger partial charge in [0.1, 0.15) is 17.2 Å². The van der Waals surface area contributed by atoms with E-state index >= 15 is 0 Å². The van der Waals surface area contributed by atoms with Crippen LogP contribution in [0.2, 0.25) is 0 Å². The molecule has 0 spiro atoms. The van der Waals surface area contributed by atoms with Crippen LogP contribution >= 0.6 is 0 Å². The Hall–Kier alpha value is -2.05. The summed E-state index contributed by atoms with van der Waals surface area (Å²) in [6.07, 6.45) is 2.18. The zero-order valence-corrected chi connectivity index (χ0v) is 20.1. The zero-order valence-electron chi connectivity index (χ0n) is 20.1. The Morgan fingerprint density at radius 2 is 1.63 bits per heavy atom. The Morgan fingerprint density at radius 3 is 2.03 bits per heavy atom. The molecule has 1 aliphatic heterocycles. The van der Waals surface area contributed by atoms with E-state index in [9.17, 15) is 14.4 Å². The summed E-state index contributed by atoms with van der Waals surface area (Å²) in [5.74, 6) is -0.582. The molecule has 1 heterocycles. The zero-order chi connectivity index (χ0) is 23.4. The van der Waals surface area contributed by atoms with E-state index in [1.165, 1.54) is 11.8 Å². The monoisotopic (exact) mass is 424 g/mol. The number of hydrogen-bond donors (Lipinski definition) is 1. The average Bonchev–Trinajstić information content (AvgIpc) is 2.89. The lowest BCUT2D eigenvalue weighted by Crippen LogP contribution is -2.57. The second-order valence-corrected chi connectivity index (χ2v) is 10.5. The fourth-order valence-corrected chi connectivity index (χ4v) is 3.85. The van der Waals surface area contributed by atoms with Gasteiger partial charge in [-0.1, -0.05) is 19.9 Å². The number of hydrogen-bond acceptors (Lipinski definition) is 5. The lowest BCUT2D eigenvalue weighted by atomic mass is 9.88. The minimum absolute atomic E-state index is 0.187. The van der Waals surface area contributed by atoms with Crippen molar-refractivity contribution >= 4 is 18.0 Å². The molecule has 4 atom stereocenters. The highest BCUT2D eigenvalue weighted by molar-refractivity contribution is 5.83. The van der Waals surface area contributed by atoms with Crippen molar-refractivity contribution in [3.05, 3.63) is 12.7 Å². The summed E-state index contributed by atoms with van der Waals surface area (Å²) < 4.78 is 11.3. The number of rotatable bonds is 6. The Kier molecular flexibility index (Phi) is 8.52. The first-order valence-electron chi connectivity index (χ1n) is 10.7. The summed E-state index contributed by atoms with van der Waals surface area (Å²) in [6.45, 7) is 20.2. The van der Waals surface area contributed by atoms with Crippen molar-refractivity contribution in [2.75, 3.05) is 0 Å². The van der Waals surface area contributed by atoms with Gasteiger partial charge in [0.2, 0.25) is 5.91 Å². The van der Waals surface area contributed by atoms with E-state index in [1.807, 2.05) is 0 Å². The second kappa shape index (κ2) is 9.84. The number of esters is 1. The highest BCUT2D eigenvalue weighted by atomic mass is 16.6. The van der Waals surface area contributed by atoms with Crippen LogP contribution < -0.4 is 5.32 Å². The molecule has 0 radical (unpaired) electrons. The predicted octanol–water partition coefficient (Wildman–Crippen LogP) is 4.06. The van der Waals surface area contributed by atoms with Crippen LogP contribution in [0, 0.1) is 11.8 Å². The summed E-state index contributed by atoms with van der Waals surface area (Å²) >= 11 is 0. The number of carbonyl (C=O) groups excluding carboxylic acids is 3. The van der Waals surface area contributed by atoms with E-state index < -0.39 is 35.3 Å². The molecule has 0 aromatic carbocycles. The normalized spacial score (nSPS) is 23.1. The van der Waals surface area contributed by atoms with Gasteiger partial charge in [-0.25, -0.2) is 9.59 Å². The maximum atomic E-state index is 13.2. The van der Waals surface area contributed by atoms with Crippen LogP contribution in [0.3, 0.4) is 0 Å². The highest BCUT2D eigenvalue weighted by Gasteiger charge is 2.51. The largest absolute Gasteiger partial charge is 0.458 e. The van der Waals surface area contributed by atoms with Crippen LogP contribution in [0.4, 0.5) is 4.79 Å². The molecule has 0 bridgehead atoms. The Labute approximate surface area is 181 Å². The van der Waals surface area contributed by atoms with Crippen molar-refractivity contribution in [1.82, 2.24) is 10.2 Å². The van der Waals surface area contributed by atoms with Gasteiger partial charge in [0, 0.05) is 12.8 Å². The van der Waals surface area contributed by atoms with E-state index in [4.69, 9.17) is 9.47 Å². The first kappa shape index (κ1) is 26.0. The van der Waals surface area contributed by atoms with Gasteiger partial charge in [0.25, 0.3) is 0 Å². The molecular weight excluding hydrogens is 384 g/mol. The molecule has 30 heavy (non-hydrogen) atoms. The molecule has 7 nitrogen and oxygen atoms in total. The molecule has 1 aliphatic rings. The van der Waals surface area contributed by atoms with Gasteiger partial charge in [0.15, 0.2) is 0 Å². The third kappa shape index (κ3) is 7.65. The first-order chi connectivity index (χ1) is 13.6. The molecule has 1 N–H and O–H groups in total. The molecule has 172 valence electrons. The fourth-order valence-electron chi connectivity index (χ4n) is 3.85. The highest BCUT2D eigenvalue weighted by Crippen LogP contribution is 2.37. The minimum Gasteiger partial charge on any atom is -0.458 e. The van der Waals surface area contributed by atoms with Crippen molar-refractivity contribution in [1.29, 1.82) is 0 Å². The summed E-state index contributed by atoms with van der Waals surface area (Å²) in [6, 6.07) is -1.61. The van der Waals surface area contributed by atoms with Crippen LogP contribution in [0.1, 0.15) is 75.2 Å². The molecule has 1 rings (SSSR count). The summed E-state index contributed by atoms with van der Waals surface area (Å²) in [7, 11) is 0. The molecule has 2 amide bonds. The van der Waals surface area contributed by atoms with Gasteiger partial charge in [0.05, 0.1) is 12.1 Å². The van der Waals surface area contributed by atoms with Gasteiger partial charge in [-0.05, 0) is 60.3 Å². The number of nitrogens with zero attached hydrogens (tertiary/aromatic N) is 1. The van der Waals surface area contributed by atoms with E-state index in [0.29, 0.717) is 12.8 Å². The SMILES string of the molecule is C=C[C@H]1C[C@H](C(=O)OC(C)(C)C)N(C(=O)OC(C)(C)C)[C@H]1[C@H](CC(C)C)NC(C)=O. The Morgan fingerprint density at radius 1 is 1.10 bits per heavy atom. The molecule has 0 aliphatic carbocycles. The molecule has 0 aromatic heterocycles. The fraction of sp³-hybridized carbons (Fsp3) is 0.783. The lowest BCUT2D eigenvalue weighted by Gasteiger charge is -2.38. The quantitative estimate of drug-likeness (QED) is 0.513. The predicted molar refractivity (Wildman–Crippen MR) is 117 cm³/mol. The second-order valence-electron chi connectivity index (χ2n) is 10.5. The van der Waals surface area contributed by atoms with Gasteiger partial charge >= 0.3 is 12.1 Å². The molecule has 7 heteroatoms. The molecular formula is C23H40N2O5. The summed E-state index contributed by atoms with van der Waals surface area (Å²) in [5, 5.41) is 2.98. The lowest BCUT2D eigenvalue weighted by molar-refractivity contribution is -0.160. The number of amides is 2.